The SMILES string of the molecule is CCc1nc(CSc2ccc(N)cc2Br)cs1. The van der Waals surface area contributed by atoms with E-state index in [9.17, 15) is 0 Å². The van der Waals surface area contributed by atoms with E-state index in [4.69, 9.17) is 5.73 Å². The Bertz CT molecular complexity index is 511. The molecule has 0 saturated carbocycles. The zero-order valence-electron chi connectivity index (χ0n) is 9.44. The molecule has 0 unspecified atom stereocenters. The van der Waals surface area contributed by atoms with Gasteiger partial charge < -0.3 is 5.73 Å². The number of nitrogen functional groups attached to an aromatic ring is 1. The van der Waals surface area contributed by atoms with Gasteiger partial charge in [0, 0.05) is 26.2 Å². The highest BCUT2D eigenvalue weighted by molar-refractivity contribution is 9.10. The number of rotatable bonds is 4. The Morgan fingerprint density at radius 3 is 2.94 bits per heavy atom. The van der Waals surface area contributed by atoms with E-state index in [1.807, 2.05) is 18.2 Å². The number of thiazole rings is 1. The summed E-state index contributed by atoms with van der Waals surface area (Å²) in [5.74, 6) is 0.902. The summed E-state index contributed by atoms with van der Waals surface area (Å²) < 4.78 is 1.05. The summed E-state index contributed by atoms with van der Waals surface area (Å²) in [5, 5.41) is 3.34. The van der Waals surface area contributed by atoms with Gasteiger partial charge in [0.2, 0.25) is 0 Å². The highest BCUT2D eigenvalue weighted by Crippen LogP contribution is 2.31. The number of benzene rings is 1. The number of thioether (sulfide) groups is 1. The van der Waals surface area contributed by atoms with Gasteiger partial charge in [0.1, 0.15) is 0 Å². The van der Waals surface area contributed by atoms with Gasteiger partial charge in [-0.3, -0.25) is 0 Å². The van der Waals surface area contributed by atoms with Crippen LogP contribution in [-0.2, 0) is 12.2 Å². The summed E-state index contributed by atoms with van der Waals surface area (Å²) in [7, 11) is 0. The number of aryl methyl sites for hydroxylation is 1. The van der Waals surface area contributed by atoms with Crippen molar-refractivity contribution in [2.45, 2.75) is 24.0 Å². The van der Waals surface area contributed by atoms with E-state index < -0.39 is 0 Å². The fourth-order valence-electron chi connectivity index (χ4n) is 1.36. The Morgan fingerprint density at radius 2 is 2.29 bits per heavy atom. The lowest BCUT2D eigenvalue weighted by atomic mass is 10.3. The molecule has 0 amide bonds. The molecule has 0 saturated heterocycles. The average molecular weight is 329 g/mol. The molecule has 1 aromatic carbocycles. The highest BCUT2D eigenvalue weighted by Gasteiger charge is 2.04. The van der Waals surface area contributed by atoms with Crippen LogP contribution in [0.2, 0.25) is 0 Å². The zero-order valence-corrected chi connectivity index (χ0v) is 12.7. The average Bonchev–Trinajstić information content (AvgIpc) is 2.76. The highest BCUT2D eigenvalue weighted by atomic mass is 79.9. The molecular formula is C12H13BrN2S2. The molecular weight excluding hydrogens is 316 g/mol. The van der Waals surface area contributed by atoms with Gasteiger partial charge in [-0.05, 0) is 40.5 Å². The number of aromatic nitrogens is 1. The van der Waals surface area contributed by atoms with Crippen LogP contribution in [-0.4, -0.2) is 4.98 Å². The lowest BCUT2D eigenvalue weighted by Gasteiger charge is -2.03. The zero-order chi connectivity index (χ0) is 12.3. The number of halogens is 1. The molecule has 0 spiro atoms. The fraction of sp³-hybridized carbons (Fsp3) is 0.250. The van der Waals surface area contributed by atoms with E-state index in [-0.39, 0.29) is 0 Å². The summed E-state index contributed by atoms with van der Waals surface area (Å²) in [6.45, 7) is 2.13. The largest absolute Gasteiger partial charge is 0.399 e. The Balaban J connectivity index is 2.02. The fourth-order valence-corrected chi connectivity index (χ4v) is 3.77. The van der Waals surface area contributed by atoms with Gasteiger partial charge in [-0.2, -0.15) is 0 Å². The molecule has 2 aromatic rings. The molecule has 0 aliphatic heterocycles. The van der Waals surface area contributed by atoms with E-state index in [0.29, 0.717) is 0 Å². The molecule has 17 heavy (non-hydrogen) atoms. The summed E-state index contributed by atoms with van der Waals surface area (Å²) in [6.07, 6.45) is 1.01. The van der Waals surface area contributed by atoms with Crippen LogP contribution in [0.4, 0.5) is 5.69 Å². The number of hydrogen-bond donors (Lipinski definition) is 1. The molecule has 2 N–H and O–H groups in total. The second-order valence-electron chi connectivity index (χ2n) is 3.56. The number of nitrogens with zero attached hydrogens (tertiary/aromatic N) is 1. The maximum Gasteiger partial charge on any atom is 0.0925 e. The topological polar surface area (TPSA) is 38.9 Å². The van der Waals surface area contributed by atoms with Crippen molar-refractivity contribution < 1.29 is 0 Å². The quantitative estimate of drug-likeness (QED) is 0.670. The maximum atomic E-state index is 5.71. The van der Waals surface area contributed by atoms with Gasteiger partial charge in [0.25, 0.3) is 0 Å². The molecule has 90 valence electrons. The first-order valence-electron chi connectivity index (χ1n) is 5.30. The Morgan fingerprint density at radius 1 is 1.47 bits per heavy atom. The van der Waals surface area contributed by atoms with Gasteiger partial charge in [0.15, 0.2) is 0 Å². The summed E-state index contributed by atoms with van der Waals surface area (Å²) in [4.78, 5) is 5.75. The molecule has 2 rings (SSSR count). The van der Waals surface area contributed by atoms with Gasteiger partial charge in [-0.15, -0.1) is 23.1 Å². The first-order valence-corrected chi connectivity index (χ1v) is 7.96. The van der Waals surface area contributed by atoms with Crippen molar-refractivity contribution >= 4 is 44.7 Å². The number of nitrogens with two attached hydrogens (primary N) is 1. The minimum Gasteiger partial charge on any atom is -0.399 e. The number of hydrogen-bond acceptors (Lipinski definition) is 4. The van der Waals surface area contributed by atoms with Crippen molar-refractivity contribution in [2.24, 2.45) is 0 Å². The van der Waals surface area contributed by atoms with Crippen molar-refractivity contribution in [3.05, 3.63) is 38.8 Å². The van der Waals surface area contributed by atoms with Gasteiger partial charge in [-0.1, -0.05) is 6.92 Å². The second-order valence-corrected chi connectivity index (χ2v) is 6.38. The lowest BCUT2D eigenvalue weighted by molar-refractivity contribution is 1.06. The van der Waals surface area contributed by atoms with Gasteiger partial charge in [-0.25, -0.2) is 4.98 Å². The number of anilines is 1. The van der Waals surface area contributed by atoms with Crippen molar-refractivity contribution in [3.63, 3.8) is 0 Å². The Hall–Kier alpha value is -0.520. The first-order chi connectivity index (χ1) is 8.19. The third-order valence-electron chi connectivity index (χ3n) is 2.23. The monoisotopic (exact) mass is 328 g/mol. The summed E-state index contributed by atoms with van der Waals surface area (Å²) in [5.41, 5.74) is 7.64. The van der Waals surface area contributed by atoms with E-state index >= 15 is 0 Å². The Kier molecular flexibility index (Phi) is 4.48. The minimum atomic E-state index is 0.781. The van der Waals surface area contributed by atoms with Crippen LogP contribution in [0.25, 0.3) is 0 Å². The van der Waals surface area contributed by atoms with Crippen molar-refractivity contribution in [1.82, 2.24) is 4.98 Å². The minimum absolute atomic E-state index is 0.781. The molecule has 0 fully saturated rings. The van der Waals surface area contributed by atoms with Crippen LogP contribution in [0, 0.1) is 0 Å². The van der Waals surface area contributed by atoms with Crippen LogP contribution in [0.15, 0.2) is 32.9 Å². The van der Waals surface area contributed by atoms with Crippen LogP contribution in [0.1, 0.15) is 17.6 Å². The molecule has 2 nitrogen and oxygen atoms in total. The van der Waals surface area contributed by atoms with E-state index in [1.54, 1.807) is 23.1 Å². The van der Waals surface area contributed by atoms with Crippen molar-refractivity contribution in [2.75, 3.05) is 5.73 Å². The van der Waals surface area contributed by atoms with E-state index in [1.165, 1.54) is 9.90 Å². The maximum absolute atomic E-state index is 5.71. The molecule has 0 atom stereocenters. The standard InChI is InChI=1S/C12H13BrN2S2/c1-2-12-15-9(7-17-12)6-16-11-4-3-8(14)5-10(11)13/h3-5,7H,2,6,14H2,1H3. The van der Waals surface area contributed by atoms with Crippen molar-refractivity contribution in [1.29, 1.82) is 0 Å². The van der Waals surface area contributed by atoms with Crippen LogP contribution >= 0.6 is 39.0 Å². The molecule has 1 heterocycles. The van der Waals surface area contributed by atoms with E-state index in [2.05, 4.69) is 33.2 Å². The lowest BCUT2D eigenvalue weighted by Crippen LogP contribution is -1.86. The molecule has 1 aromatic heterocycles. The Labute approximate surface area is 118 Å². The smallest absolute Gasteiger partial charge is 0.0925 e. The third kappa shape index (κ3) is 3.47. The third-order valence-corrected chi connectivity index (χ3v) is 5.30. The van der Waals surface area contributed by atoms with Gasteiger partial charge >= 0.3 is 0 Å². The predicted octanol–water partition coefficient (Wildman–Crippen LogP) is 4.34. The molecule has 0 bridgehead atoms. The van der Waals surface area contributed by atoms with Gasteiger partial charge in [0.05, 0.1) is 10.7 Å². The predicted molar refractivity (Wildman–Crippen MR) is 79.6 cm³/mol. The van der Waals surface area contributed by atoms with Crippen molar-refractivity contribution in [3.8, 4) is 0 Å². The molecule has 5 heteroatoms. The van der Waals surface area contributed by atoms with Crippen LogP contribution < -0.4 is 5.73 Å². The van der Waals surface area contributed by atoms with E-state index in [0.717, 1.165) is 28.0 Å². The molecule has 0 radical (unpaired) electrons. The van der Waals surface area contributed by atoms with Crippen LogP contribution in [0.5, 0.6) is 0 Å². The first kappa shape index (κ1) is 12.9. The summed E-state index contributed by atoms with van der Waals surface area (Å²) >= 11 is 7.03. The van der Waals surface area contributed by atoms with Crippen LogP contribution in [0.3, 0.4) is 0 Å². The molecule has 0 aliphatic carbocycles. The molecule has 0 aliphatic rings. The normalized spacial score (nSPS) is 10.7. The second kappa shape index (κ2) is 5.89. The summed E-state index contributed by atoms with van der Waals surface area (Å²) in [6, 6.07) is 5.89.